The van der Waals surface area contributed by atoms with Crippen LogP contribution in [0.25, 0.3) is 0 Å². The lowest BCUT2D eigenvalue weighted by Crippen LogP contribution is -2.48. The lowest BCUT2D eigenvalue weighted by atomic mass is 9.96. The van der Waals surface area contributed by atoms with Gasteiger partial charge in [-0.25, -0.2) is 4.79 Å². The Hall–Kier alpha value is -1.51. The van der Waals surface area contributed by atoms with Crippen LogP contribution in [0.3, 0.4) is 0 Å². The summed E-state index contributed by atoms with van der Waals surface area (Å²) in [4.78, 5) is 23.6. The van der Waals surface area contributed by atoms with Crippen molar-refractivity contribution in [2.24, 2.45) is 5.92 Å². The van der Waals surface area contributed by atoms with E-state index in [1.165, 1.54) is 12.0 Å². The molecule has 122 valence electrons. The van der Waals surface area contributed by atoms with Crippen molar-refractivity contribution in [2.45, 2.75) is 31.5 Å². The Morgan fingerprint density at radius 2 is 1.95 bits per heavy atom. The number of nitrogens with zero attached hydrogens (tertiary/aromatic N) is 1. The zero-order chi connectivity index (χ0) is 16.0. The van der Waals surface area contributed by atoms with Crippen LogP contribution in [0.5, 0.6) is 0 Å². The number of hydrogen-bond acceptors (Lipinski definition) is 3. The van der Waals surface area contributed by atoms with Gasteiger partial charge in [0.15, 0.2) is 0 Å². The summed E-state index contributed by atoms with van der Waals surface area (Å²) in [5.74, 6) is -2.41. The molecular formula is C12H19F3N2O4. The average molecular weight is 312 g/mol. The van der Waals surface area contributed by atoms with Gasteiger partial charge in [0, 0.05) is 26.7 Å². The highest BCUT2D eigenvalue weighted by Gasteiger charge is 2.41. The standard InChI is InChI=1S/C12H19F3N2O4/c1-21-9(6-10(18)19)7-16-11(20)17-4-2-8(3-5-17)12(13,14)15/h8-9H,2-7H2,1H3,(H,16,20)(H,18,19). The molecule has 6 nitrogen and oxygen atoms in total. The first kappa shape index (κ1) is 17.5. The smallest absolute Gasteiger partial charge is 0.391 e. The highest BCUT2D eigenvalue weighted by atomic mass is 19.4. The van der Waals surface area contributed by atoms with Crippen molar-refractivity contribution in [1.29, 1.82) is 0 Å². The van der Waals surface area contributed by atoms with Gasteiger partial charge in [-0.1, -0.05) is 0 Å². The minimum Gasteiger partial charge on any atom is -0.481 e. The van der Waals surface area contributed by atoms with Gasteiger partial charge in [0.2, 0.25) is 0 Å². The van der Waals surface area contributed by atoms with Gasteiger partial charge in [0.25, 0.3) is 0 Å². The highest BCUT2D eigenvalue weighted by molar-refractivity contribution is 5.74. The second kappa shape index (κ2) is 7.48. The average Bonchev–Trinajstić information content (AvgIpc) is 2.41. The Morgan fingerprint density at radius 3 is 2.38 bits per heavy atom. The predicted octanol–water partition coefficient (Wildman–Crippen LogP) is 1.46. The summed E-state index contributed by atoms with van der Waals surface area (Å²) in [6.07, 6.45) is -5.36. The van der Waals surface area contributed by atoms with Gasteiger partial charge in [0.1, 0.15) is 0 Å². The number of methoxy groups -OCH3 is 1. The number of amides is 2. The highest BCUT2D eigenvalue weighted by Crippen LogP contribution is 2.33. The first-order valence-electron chi connectivity index (χ1n) is 6.58. The number of piperidine rings is 1. The van der Waals surface area contributed by atoms with E-state index in [4.69, 9.17) is 9.84 Å². The topological polar surface area (TPSA) is 78.9 Å². The number of carbonyl (C=O) groups is 2. The molecule has 1 aliphatic heterocycles. The predicted molar refractivity (Wildman–Crippen MR) is 66.8 cm³/mol. The second-order valence-electron chi connectivity index (χ2n) is 4.94. The summed E-state index contributed by atoms with van der Waals surface area (Å²) in [5.41, 5.74) is 0. The molecule has 1 rings (SSSR count). The molecule has 1 saturated heterocycles. The van der Waals surface area contributed by atoms with Crippen LogP contribution in [-0.4, -0.2) is 61.0 Å². The first-order valence-corrected chi connectivity index (χ1v) is 6.58. The van der Waals surface area contributed by atoms with E-state index in [0.29, 0.717) is 0 Å². The maximum atomic E-state index is 12.5. The monoisotopic (exact) mass is 312 g/mol. The van der Waals surface area contributed by atoms with Crippen molar-refractivity contribution in [3.8, 4) is 0 Å². The number of carbonyl (C=O) groups excluding carboxylic acids is 1. The number of carboxylic acid groups (broad SMARTS) is 1. The Balaban J connectivity index is 2.35. The fourth-order valence-electron chi connectivity index (χ4n) is 2.16. The molecule has 0 aromatic rings. The molecule has 1 aliphatic rings. The Bertz CT molecular complexity index is 368. The molecule has 0 aromatic carbocycles. The van der Waals surface area contributed by atoms with Crippen LogP contribution in [-0.2, 0) is 9.53 Å². The van der Waals surface area contributed by atoms with Crippen LogP contribution in [0.1, 0.15) is 19.3 Å². The van der Waals surface area contributed by atoms with E-state index >= 15 is 0 Å². The number of rotatable bonds is 5. The van der Waals surface area contributed by atoms with Gasteiger partial charge in [-0.2, -0.15) is 13.2 Å². The van der Waals surface area contributed by atoms with Crippen molar-refractivity contribution in [2.75, 3.05) is 26.7 Å². The molecule has 1 atom stereocenters. The van der Waals surface area contributed by atoms with E-state index < -0.39 is 30.2 Å². The number of alkyl halides is 3. The molecule has 2 N–H and O–H groups in total. The van der Waals surface area contributed by atoms with E-state index in [0.717, 1.165) is 0 Å². The fraction of sp³-hybridized carbons (Fsp3) is 0.833. The van der Waals surface area contributed by atoms with Crippen LogP contribution < -0.4 is 5.32 Å². The molecule has 0 aromatic heterocycles. The summed E-state index contributed by atoms with van der Waals surface area (Å²) < 4.78 is 42.4. The molecular weight excluding hydrogens is 293 g/mol. The number of urea groups is 1. The number of ether oxygens (including phenoxy) is 1. The SMILES string of the molecule is COC(CNC(=O)N1CCC(C(F)(F)F)CC1)CC(=O)O. The van der Waals surface area contributed by atoms with Gasteiger partial charge in [0.05, 0.1) is 18.4 Å². The zero-order valence-corrected chi connectivity index (χ0v) is 11.7. The number of nitrogens with one attached hydrogen (secondary N) is 1. The minimum absolute atomic E-state index is 0.000826. The Kier molecular flexibility index (Phi) is 6.25. The lowest BCUT2D eigenvalue weighted by Gasteiger charge is -2.33. The number of likely N-dealkylation sites (tertiary alicyclic amines) is 1. The second-order valence-corrected chi connectivity index (χ2v) is 4.94. The van der Waals surface area contributed by atoms with Crippen LogP contribution in [0, 0.1) is 5.92 Å². The van der Waals surface area contributed by atoms with Gasteiger partial charge >= 0.3 is 18.2 Å². The van der Waals surface area contributed by atoms with Gasteiger partial charge in [-0.05, 0) is 12.8 Å². The van der Waals surface area contributed by atoms with Gasteiger partial charge < -0.3 is 20.1 Å². The van der Waals surface area contributed by atoms with E-state index in [9.17, 15) is 22.8 Å². The first-order chi connectivity index (χ1) is 9.74. The van der Waals surface area contributed by atoms with Crippen LogP contribution in [0.4, 0.5) is 18.0 Å². The van der Waals surface area contributed by atoms with E-state index in [-0.39, 0.29) is 38.9 Å². The fourth-order valence-corrected chi connectivity index (χ4v) is 2.16. The van der Waals surface area contributed by atoms with Crippen molar-refractivity contribution in [1.82, 2.24) is 10.2 Å². The van der Waals surface area contributed by atoms with Crippen molar-refractivity contribution < 1.29 is 32.6 Å². The molecule has 0 radical (unpaired) electrons. The molecule has 9 heteroatoms. The van der Waals surface area contributed by atoms with Crippen molar-refractivity contribution in [3.63, 3.8) is 0 Å². The third-order valence-electron chi connectivity index (χ3n) is 3.46. The maximum absolute atomic E-state index is 12.5. The number of carboxylic acids is 1. The number of aliphatic carboxylic acids is 1. The van der Waals surface area contributed by atoms with Crippen LogP contribution >= 0.6 is 0 Å². The molecule has 0 aliphatic carbocycles. The Morgan fingerprint density at radius 1 is 1.38 bits per heavy atom. The quantitative estimate of drug-likeness (QED) is 0.805. The third-order valence-corrected chi connectivity index (χ3v) is 3.46. The van der Waals surface area contributed by atoms with Crippen molar-refractivity contribution in [3.05, 3.63) is 0 Å². The summed E-state index contributed by atoms with van der Waals surface area (Å²) in [6, 6.07) is -0.497. The molecule has 0 bridgehead atoms. The molecule has 1 unspecified atom stereocenters. The molecule has 1 fully saturated rings. The summed E-state index contributed by atoms with van der Waals surface area (Å²) >= 11 is 0. The zero-order valence-electron chi connectivity index (χ0n) is 11.7. The summed E-state index contributed by atoms with van der Waals surface area (Å²) in [7, 11) is 1.33. The molecule has 2 amide bonds. The van der Waals surface area contributed by atoms with Crippen LogP contribution in [0.15, 0.2) is 0 Å². The summed E-state index contributed by atoms with van der Waals surface area (Å²) in [5, 5.41) is 11.1. The Labute approximate surface area is 120 Å². The third kappa shape index (κ3) is 5.78. The van der Waals surface area contributed by atoms with Gasteiger partial charge in [-0.15, -0.1) is 0 Å². The maximum Gasteiger partial charge on any atom is 0.391 e. The molecule has 0 saturated carbocycles. The number of halogens is 3. The van der Waals surface area contributed by atoms with E-state index in [1.807, 2.05) is 0 Å². The summed E-state index contributed by atoms with van der Waals surface area (Å²) in [6.45, 7) is 0.0695. The van der Waals surface area contributed by atoms with Gasteiger partial charge in [-0.3, -0.25) is 4.79 Å². The van der Waals surface area contributed by atoms with Crippen LogP contribution in [0.2, 0.25) is 0 Å². The lowest BCUT2D eigenvalue weighted by molar-refractivity contribution is -0.183. The largest absolute Gasteiger partial charge is 0.481 e. The number of hydrogen-bond donors (Lipinski definition) is 2. The minimum atomic E-state index is -4.22. The van der Waals surface area contributed by atoms with Crippen molar-refractivity contribution >= 4 is 12.0 Å². The van der Waals surface area contributed by atoms with E-state index in [1.54, 1.807) is 0 Å². The molecule has 21 heavy (non-hydrogen) atoms. The molecule has 1 heterocycles. The molecule has 0 spiro atoms. The van der Waals surface area contributed by atoms with E-state index in [2.05, 4.69) is 5.32 Å². The normalized spacial score (nSPS) is 18.4.